The highest BCUT2D eigenvalue weighted by atomic mass is 32.2. The summed E-state index contributed by atoms with van der Waals surface area (Å²) in [5.74, 6) is 0.209. The van der Waals surface area contributed by atoms with Gasteiger partial charge in [-0.25, -0.2) is 8.42 Å². The van der Waals surface area contributed by atoms with Crippen LogP contribution in [0.5, 0.6) is 5.75 Å². The van der Waals surface area contributed by atoms with Gasteiger partial charge in [0, 0.05) is 12.6 Å². The summed E-state index contributed by atoms with van der Waals surface area (Å²) in [4.78, 5) is 12.5. The average molecular weight is 348 g/mol. The molecule has 2 aromatic carbocycles. The lowest BCUT2D eigenvalue weighted by Gasteiger charge is -2.17. The van der Waals surface area contributed by atoms with Gasteiger partial charge in [0.2, 0.25) is 10.0 Å². The molecule has 0 saturated heterocycles. The van der Waals surface area contributed by atoms with E-state index in [1.54, 1.807) is 24.3 Å². The van der Waals surface area contributed by atoms with Crippen molar-refractivity contribution in [2.24, 2.45) is 0 Å². The highest BCUT2D eigenvalue weighted by molar-refractivity contribution is 7.92. The van der Waals surface area contributed by atoms with Gasteiger partial charge in [-0.2, -0.15) is 0 Å². The average Bonchev–Trinajstić information content (AvgIpc) is 2.53. The van der Waals surface area contributed by atoms with Crippen LogP contribution >= 0.6 is 0 Å². The van der Waals surface area contributed by atoms with Crippen molar-refractivity contribution in [3.05, 3.63) is 53.6 Å². The first-order chi connectivity index (χ1) is 11.2. The quantitative estimate of drug-likeness (QED) is 0.901. The Bertz CT molecular complexity index is 863. The Kier molecular flexibility index (Phi) is 5.14. The summed E-state index contributed by atoms with van der Waals surface area (Å²) in [6.07, 6.45) is 1.11. The number of aryl methyl sites for hydroxylation is 1. The SMILES string of the molecule is COc1ccc(C)cc1NC(=O)c1cccc(N(C)S(C)(=O)=O)c1. The summed E-state index contributed by atoms with van der Waals surface area (Å²) in [5, 5.41) is 2.79. The Labute approximate surface area is 142 Å². The minimum atomic E-state index is -3.39. The zero-order valence-corrected chi connectivity index (χ0v) is 14.8. The monoisotopic (exact) mass is 348 g/mol. The highest BCUT2D eigenvalue weighted by Gasteiger charge is 2.15. The van der Waals surface area contributed by atoms with Gasteiger partial charge in [0.05, 0.1) is 24.7 Å². The number of nitrogens with one attached hydrogen (secondary N) is 1. The van der Waals surface area contributed by atoms with Crippen LogP contribution in [0.2, 0.25) is 0 Å². The smallest absolute Gasteiger partial charge is 0.255 e. The van der Waals surface area contributed by atoms with Crippen LogP contribution in [0.1, 0.15) is 15.9 Å². The normalized spacial score (nSPS) is 11.0. The first-order valence-corrected chi connectivity index (χ1v) is 9.07. The van der Waals surface area contributed by atoms with Crippen LogP contribution < -0.4 is 14.4 Å². The summed E-state index contributed by atoms with van der Waals surface area (Å²) in [6.45, 7) is 1.91. The van der Waals surface area contributed by atoms with E-state index >= 15 is 0 Å². The van der Waals surface area contributed by atoms with Crippen molar-refractivity contribution < 1.29 is 17.9 Å². The maximum atomic E-state index is 12.5. The number of hydrogen-bond acceptors (Lipinski definition) is 4. The van der Waals surface area contributed by atoms with Gasteiger partial charge in [0.25, 0.3) is 5.91 Å². The van der Waals surface area contributed by atoms with E-state index in [-0.39, 0.29) is 5.91 Å². The second-order valence-electron chi connectivity index (χ2n) is 5.44. The van der Waals surface area contributed by atoms with Crippen molar-refractivity contribution in [2.75, 3.05) is 30.0 Å². The number of carbonyl (C=O) groups excluding carboxylic acids is 1. The number of sulfonamides is 1. The molecular weight excluding hydrogens is 328 g/mol. The fourth-order valence-corrected chi connectivity index (χ4v) is 2.64. The number of anilines is 2. The lowest BCUT2D eigenvalue weighted by atomic mass is 10.1. The molecule has 128 valence electrons. The van der Waals surface area contributed by atoms with Gasteiger partial charge in [-0.3, -0.25) is 9.10 Å². The maximum Gasteiger partial charge on any atom is 0.255 e. The van der Waals surface area contributed by atoms with Gasteiger partial charge >= 0.3 is 0 Å². The fourth-order valence-electron chi connectivity index (χ4n) is 2.15. The molecule has 0 aromatic heterocycles. The molecule has 1 amide bonds. The molecule has 0 unspecified atom stereocenters. The summed E-state index contributed by atoms with van der Waals surface area (Å²) in [7, 11) is -0.422. The van der Waals surface area contributed by atoms with E-state index in [0.29, 0.717) is 22.7 Å². The first kappa shape index (κ1) is 17.8. The molecule has 0 saturated carbocycles. The third-order valence-corrected chi connectivity index (χ3v) is 4.78. The Morgan fingerprint density at radius 1 is 1.17 bits per heavy atom. The minimum absolute atomic E-state index is 0.345. The largest absolute Gasteiger partial charge is 0.495 e. The molecule has 6 nitrogen and oxygen atoms in total. The number of nitrogens with zero attached hydrogens (tertiary/aromatic N) is 1. The van der Waals surface area contributed by atoms with Gasteiger partial charge in [-0.15, -0.1) is 0 Å². The fraction of sp³-hybridized carbons (Fsp3) is 0.235. The molecule has 0 radical (unpaired) electrons. The first-order valence-electron chi connectivity index (χ1n) is 7.22. The third kappa shape index (κ3) is 4.05. The molecule has 2 rings (SSSR count). The van der Waals surface area contributed by atoms with E-state index in [2.05, 4.69) is 5.32 Å². The van der Waals surface area contributed by atoms with Crippen molar-refractivity contribution in [2.45, 2.75) is 6.92 Å². The van der Waals surface area contributed by atoms with E-state index in [9.17, 15) is 13.2 Å². The highest BCUT2D eigenvalue weighted by Crippen LogP contribution is 2.26. The molecule has 0 aliphatic carbocycles. The van der Waals surface area contributed by atoms with E-state index in [1.807, 2.05) is 19.1 Å². The molecule has 7 heteroatoms. The van der Waals surface area contributed by atoms with Crippen LogP contribution in [-0.4, -0.2) is 34.7 Å². The molecular formula is C17H20N2O4S. The van der Waals surface area contributed by atoms with Crippen molar-refractivity contribution in [3.8, 4) is 5.75 Å². The summed E-state index contributed by atoms with van der Waals surface area (Å²) < 4.78 is 29.6. The molecule has 0 fully saturated rings. The number of amides is 1. The van der Waals surface area contributed by atoms with Crippen LogP contribution in [0.25, 0.3) is 0 Å². The van der Waals surface area contributed by atoms with Crippen LogP contribution in [0, 0.1) is 6.92 Å². The molecule has 0 aliphatic rings. The van der Waals surface area contributed by atoms with E-state index in [0.717, 1.165) is 16.1 Å². The summed E-state index contributed by atoms with van der Waals surface area (Å²) >= 11 is 0. The summed E-state index contributed by atoms with van der Waals surface area (Å²) in [6, 6.07) is 11.9. The predicted molar refractivity (Wildman–Crippen MR) is 95.4 cm³/mol. The van der Waals surface area contributed by atoms with Gasteiger partial charge in [0.1, 0.15) is 5.75 Å². The predicted octanol–water partition coefficient (Wildman–Crippen LogP) is 2.65. The van der Waals surface area contributed by atoms with Crippen LogP contribution in [-0.2, 0) is 10.0 Å². The van der Waals surface area contributed by atoms with E-state index in [4.69, 9.17) is 4.74 Å². The number of ether oxygens (including phenoxy) is 1. The molecule has 0 spiro atoms. The minimum Gasteiger partial charge on any atom is -0.495 e. The van der Waals surface area contributed by atoms with Gasteiger partial charge in [-0.1, -0.05) is 12.1 Å². The van der Waals surface area contributed by atoms with E-state index in [1.165, 1.54) is 20.2 Å². The Morgan fingerprint density at radius 3 is 2.50 bits per heavy atom. The lowest BCUT2D eigenvalue weighted by molar-refractivity contribution is 0.102. The van der Waals surface area contributed by atoms with Crippen molar-refractivity contribution in [1.82, 2.24) is 0 Å². The number of methoxy groups -OCH3 is 1. The van der Waals surface area contributed by atoms with Crippen molar-refractivity contribution in [1.29, 1.82) is 0 Å². The van der Waals surface area contributed by atoms with Gasteiger partial charge in [-0.05, 0) is 42.8 Å². The number of hydrogen-bond donors (Lipinski definition) is 1. The Balaban J connectivity index is 2.30. The zero-order valence-electron chi connectivity index (χ0n) is 14.0. The number of benzene rings is 2. The Hall–Kier alpha value is -2.54. The molecule has 0 bridgehead atoms. The van der Waals surface area contributed by atoms with Gasteiger partial charge < -0.3 is 10.1 Å². The van der Waals surface area contributed by atoms with Crippen LogP contribution in [0.4, 0.5) is 11.4 Å². The van der Waals surface area contributed by atoms with Crippen LogP contribution in [0.15, 0.2) is 42.5 Å². The van der Waals surface area contributed by atoms with Crippen LogP contribution in [0.3, 0.4) is 0 Å². The maximum absolute atomic E-state index is 12.5. The number of rotatable bonds is 5. The molecule has 0 heterocycles. The van der Waals surface area contributed by atoms with Crippen molar-refractivity contribution >= 4 is 27.3 Å². The van der Waals surface area contributed by atoms with E-state index < -0.39 is 10.0 Å². The number of carbonyl (C=O) groups is 1. The topological polar surface area (TPSA) is 75.7 Å². The zero-order chi connectivity index (χ0) is 17.9. The molecule has 24 heavy (non-hydrogen) atoms. The third-order valence-electron chi connectivity index (χ3n) is 3.57. The second-order valence-corrected chi connectivity index (χ2v) is 7.45. The molecule has 0 aliphatic heterocycles. The molecule has 2 aromatic rings. The standard InChI is InChI=1S/C17H20N2O4S/c1-12-8-9-16(23-3)15(10-12)18-17(20)13-6-5-7-14(11-13)19(2)24(4,21)22/h5-11H,1-4H3,(H,18,20). The molecule has 1 N–H and O–H groups in total. The summed E-state index contributed by atoms with van der Waals surface area (Å²) in [5.41, 5.74) is 2.31. The molecule has 0 atom stereocenters. The van der Waals surface area contributed by atoms with Crippen molar-refractivity contribution in [3.63, 3.8) is 0 Å². The van der Waals surface area contributed by atoms with Gasteiger partial charge in [0.15, 0.2) is 0 Å². The lowest BCUT2D eigenvalue weighted by Crippen LogP contribution is -2.25. The Morgan fingerprint density at radius 2 is 1.88 bits per heavy atom. The second kappa shape index (κ2) is 6.92.